The summed E-state index contributed by atoms with van der Waals surface area (Å²) < 4.78 is 35.9. The lowest BCUT2D eigenvalue weighted by atomic mass is 9.49. The van der Waals surface area contributed by atoms with Crippen LogP contribution >= 0.6 is 0 Å². The molecule has 1 aromatic carbocycles. The maximum Gasteiger partial charge on any atom is 0.166 e. The topological polar surface area (TPSA) is 82.1 Å². The minimum atomic E-state index is -2.36. The standard InChI is InChI=1S/C19H23NO5S/c1-18-15(21)5-4-11-12-8-10-14(26(22)23)9-13(24-3)17(25-18)16(10)19(11,18)6-7-20(12)2/h4-5,9,11-12,15,21H,6-8H2,1-3H3,(H,22,23)/p-1/t11-,12+,15-,18-,19-/m0/s1. The van der Waals surface area contributed by atoms with Crippen LogP contribution in [0.4, 0.5) is 0 Å². The van der Waals surface area contributed by atoms with E-state index >= 15 is 0 Å². The van der Waals surface area contributed by atoms with Crippen molar-refractivity contribution in [1.82, 2.24) is 4.90 Å². The van der Waals surface area contributed by atoms with Crippen molar-refractivity contribution in [3.63, 3.8) is 0 Å². The Morgan fingerprint density at radius 2 is 2.23 bits per heavy atom. The van der Waals surface area contributed by atoms with Gasteiger partial charge in [0.2, 0.25) is 0 Å². The van der Waals surface area contributed by atoms with Crippen LogP contribution in [0.1, 0.15) is 24.5 Å². The Hall–Kier alpha value is -1.41. The van der Waals surface area contributed by atoms with Crippen molar-refractivity contribution in [2.24, 2.45) is 5.92 Å². The van der Waals surface area contributed by atoms with Crippen LogP contribution in [0.2, 0.25) is 0 Å². The molecule has 4 aliphatic rings. The number of nitrogens with zero attached hydrogens (tertiary/aromatic N) is 1. The van der Waals surface area contributed by atoms with E-state index in [0.29, 0.717) is 17.9 Å². The highest BCUT2D eigenvalue weighted by Crippen LogP contribution is 2.67. The summed E-state index contributed by atoms with van der Waals surface area (Å²) in [4.78, 5) is 2.59. The second kappa shape index (κ2) is 5.10. The maximum atomic E-state index is 12.0. The van der Waals surface area contributed by atoms with Crippen molar-refractivity contribution in [3.8, 4) is 11.5 Å². The summed E-state index contributed by atoms with van der Waals surface area (Å²) in [5.41, 5.74) is 0.494. The molecule has 0 amide bonds. The molecule has 6 atom stereocenters. The summed E-state index contributed by atoms with van der Waals surface area (Å²) in [7, 11) is 3.61. The van der Waals surface area contributed by atoms with E-state index in [4.69, 9.17) is 9.47 Å². The molecule has 1 saturated heterocycles. The first-order chi connectivity index (χ1) is 12.3. The van der Waals surface area contributed by atoms with E-state index in [0.717, 1.165) is 24.1 Å². The molecule has 2 aliphatic carbocycles. The number of aliphatic hydroxyl groups is 1. The van der Waals surface area contributed by atoms with Crippen LogP contribution in [0.25, 0.3) is 0 Å². The van der Waals surface area contributed by atoms with Crippen LogP contribution in [0.5, 0.6) is 11.5 Å². The second-order valence-corrected chi connectivity index (χ2v) is 8.94. The number of rotatable bonds is 2. The average molecular weight is 376 g/mol. The van der Waals surface area contributed by atoms with Gasteiger partial charge in [-0.2, -0.15) is 0 Å². The molecule has 1 N–H and O–H groups in total. The number of ether oxygens (including phenoxy) is 2. The van der Waals surface area contributed by atoms with Crippen LogP contribution in [0.3, 0.4) is 0 Å². The van der Waals surface area contributed by atoms with E-state index in [1.807, 2.05) is 13.0 Å². The number of likely N-dealkylation sites (tertiary alicyclic amines) is 1. The highest BCUT2D eigenvalue weighted by atomic mass is 32.2. The van der Waals surface area contributed by atoms with E-state index in [9.17, 15) is 13.9 Å². The fourth-order valence-corrected chi connectivity index (χ4v) is 6.55. The Morgan fingerprint density at radius 1 is 1.46 bits per heavy atom. The van der Waals surface area contributed by atoms with E-state index in [1.54, 1.807) is 6.07 Å². The molecule has 0 saturated carbocycles. The Labute approximate surface area is 155 Å². The van der Waals surface area contributed by atoms with Gasteiger partial charge in [0.1, 0.15) is 11.7 Å². The molecule has 0 radical (unpaired) electrons. The Bertz CT molecular complexity index is 870. The zero-order valence-electron chi connectivity index (χ0n) is 15.0. The van der Waals surface area contributed by atoms with Gasteiger partial charge >= 0.3 is 0 Å². The third kappa shape index (κ3) is 1.66. The fraction of sp³-hybridized carbons (Fsp3) is 0.579. The van der Waals surface area contributed by atoms with Gasteiger partial charge in [-0.15, -0.1) is 0 Å². The number of likely N-dealkylation sites (N-methyl/N-ethyl adjacent to an activating group) is 1. The molecular weight excluding hydrogens is 354 g/mol. The number of aliphatic hydroxyl groups excluding tert-OH is 1. The zero-order chi connectivity index (χ0) is 18.4. The molecule has 6 nitrogen and oxygen atoms in total. The van der Waals surface area contributed by atoms with Gasteiger partial charge in [0.15, 0.2) is 11.5 Å². The molecule has 26 heavy (non-hydrogen) atoms. The summed E-state index contributed by atoms with van der Waals surface area (Å²) in [5.74, 6) is 1.20. The van der Waals surface area contributed by atoms with E-state index < -0.39 is 28.2 Å². The van der Waals surface area contributed by atoms with Crippen LogP contribution in [-0.2, 0) is 22.9 Å². The van der Waals surface area contributed by atoms with E-state index in [2.05, 4.69) is 18.0 Å². The quantitative estimate of drug-likeness (QED) is 0.616. The predicted octanol–water partition coefficient (Wildman–Crippen LogP) is 1.13. The molecule has 1 unspecified atom stereocenters. The summed E-state index contributed by atoms with van der Waals surface area (Å²) in [5, 5.41) is 10.9. The van der Waals surface area contributed by atoms with Crippen LogP contribution in [-0.4, -0.2) is 57.2 Å². The summed E-state index contributed by atoms with van der Waals surface area (Å²) in [6, 6.07) is 1.74. The van der Waals surface area contributed by atoms with Gasteiger partial charge < -0.3 is 24.0 Å². The SMILES string of the molecule is COc1cc(S(=O)[O-])c2c3c1O[C@@]1(C)[C@@H](O)C=C[C@H]4[C@@H](C2)N(C)CC[C@@]341. The third-order valence-electron chi connectivity index (χ3n) is 7.24. The Kier molecular flexibility index (Phi) is 3.28. The predicted molar refractivity (Wildman–Crippen MR) is 94.3 cm³/mol. The largest absolute Gasteiger partial charge is 0.768 e. The van der Waals surface area contributed by atoms with Crippen molar-refractivity contribution >= 4 is 11.1 Å². The summed E-state index contributed by atoms with van der Waals surface area (Å²) in [6.45, 7) is 2.84. The van der Waals surface area contributed by atoms with Crippen molar-refractivity contribution < 1.29 is 23.3 Å². The summed E-state index contributed by atoms with van der Waals surface area (Å²) >= 11 is -2.36. The molecule has 7 heteroatoms. The van der Waals surface area contributed by atoms with E-state index in [-0.39, 0.29) is 16.9 Å². The Morgan fingerprint density at radius 3 is 2.92 bits per heavy atom. The Balaban J connectivity index is 1.90. The minimum Gasteiger partial charge on any atom is -0.768 e. The lowest BCUT2D eigenvalue weighted by molar-refractivity contribution is -0.110. The van der Waals surface area contributed by atoms with Crippen LogP contribution < -0.4 is 9.47 Å². The first-order valence-corrected chi connectivity index (χ1v) is 10.0. The van der Waals surface area contributed by atoms with Gasteiger partial charge in [0.05, 0.1) is 12.5 Å². The lowest BCUT2D eigenvalue weighted by Gasteiger charge is -2.60. The van der Waals surface area contributed by atoms with Gasteiger partial charge in [-0.3, -0.25) is 4.21 Å². The van der Waals surface area contributed by atoms with Crippen molar-refractivity contribution in [2.45, 2.75) is 47.8 Å². The highest BCUT2D eigenvalue weighted by molar-refractivity contribution is 7.79. The fourth-order valence-electron chi connectivity index (χ4n) is 5.96. The molecule has 2 bridgehead atoms. The van der Waals surface area contributed by atoms with Gasteiger partial charge in [-0.1, -0.05) is 12.2 Å². The maximum absolute atomic E-state index is 12.0. The first kappa shape index (κ1) is 16.7. The van der Waals surface area contributed by atoms with Crippen molar-refractivity contribution in [2.75, 3.05) is 20.7 Å². The van der Waals surface area contributed by atoms with E-state index in [1.165, 1.54) is 7.11 Å². The van der Waals surface area contributed by atoms with Crippen LogP contribution in [0, 0.1) is 5.92 Å². The number of piperidine rings is 1. The molecule has 2 heterocycles. The smallest absolute Gasteiger partial charge is 0.166 e. The summed E-state index contributed by atoms with van der Waals surface area (Å²) in [6.07, 6.45) is 4.65. The monoisotopic (exact) mass is 376 g/mol. The molecule has 1 aromatic rings. The third-order valence-corrected chi connectivity index (χ3v) is 7.97. The second-order valence-electron chi connectivity index (χ2n) is 8.03. The molecule has 1 spiro atoms. The van der Waals surface area contributed by atoms with Gasteiger partial charge in [-0.05, 0) is 56.1 Å². The highest BCUT2D eigenvalue weighted by Gasteiger charge is 2.70. The molecule has 1 fully saturated rings. The number of hydrogen-bond acceptors (Lipinski definition) is 6. The van der Waals surface area contributed by atoms with Gasteiger partial charge in [0, 0.05) is 22.4 Å². The normalized spacial score (nSPS) is 40.7. The molecule has 0 aromatic heterocycles. The first-order valence-electron chi connectivity index (χ1n) is 8.94. The van der Waals surface area contributed by atoms with Gasteiger partial charge in [0.25, 0.3) is 0 Å². The zero-order valence-corrected chi connectivity index (χ0v) is 15.8. The van der Waals surface area contributed by atoms with Crippen molar-refractivity contribution in [3.05, 3.63) is 29.3 Å². The molecule has 140 valence electrons. The van der Waals surface area contributed by atoms with Gasteiger partial charge in [-0.25, -0.2) is 0 Å². The number of methoxy groups -OCH3 is 1. The number of benzene rings is 1. The number of hydrogen-bond donors (Lipinski definition) is 1. The molecular formula is C19H22NO5S-. The molecule has 2 aliphatic heterocycles. The minimum absolute atomic E-state index is 0.170. The van der Waals surface area contributed by atoms with Crippen molar-refractivity contribution in [1.29, 1.82) is 0 Å². The lowest BCUT2D eigenvalue weighted by Crippen LogP contribution is -2.70. The molecule has 5 rings (SSSR count). The average Bonchev–Trinajstić information content (AvgIpc) is 2.88. The van der Waals surface area contributed by atoms with Crippen LogP contribution in [0.15, 0.2) is 23.1 Å².